The van der Waals surface area contributed by atoms with Crippen LogP contribution >= 0.6 is 11.3 Å². The molecule has 3 unspecified atom stereocenters. The number of aromatic nitrogens is 3. The Balaban J connectivity index is 1.73. The number of allylic oxidation sites excluding steroid dienone is 1. The average Bonchev–Trinajstić information content (AvgIpc) is 3.42. The summed E-state index contributed by atoms with van der Waals surface area (Å²) in [7, 11) is 0. The summed E-state index contributed by atoms with van der Waals surface area (Å²) in [5.41, 5.74) is 3.73. The van der Waals surface area contributed by atoms with E-state index in [1.165, 1.54) is 11.3 Å². The highest BCUT2D eigenvalue weighted by Crippen LogP contribution is 2.48. The van der Waals surface area contributed by atoms with Crippen molar-refractivity contribution >= 4 is 45.5 Å². The fourth-order valence-corrected chi connectivity index (χ4v) is 6.73. The minimum absolute atomic E-state index is 0.354. The van der Waals surface area contributed by atoms with Crippen molar-refractivity contribution in [3.8, 4) is 11.4 Å². The van der Waals surface area contributed by atoms with Crippen LogP contribution < -0.4 is 20.9 Å². The number of carbonyl (C=O) groups excluding carboxylic acids is 1. The van der Waals surface area contributed by atoms with E-state index in [-0.39, 0.29) is 0 Å². The third kappa shape index (κ3) is 4.81. The standard InChI is InChI=1S/C28H34N8O3S/c1-4-8-27(25(37)38)9-12-29-16-22(27)28(35-26(39)30-5-2)33-10-6-13-36(28)19-14-20(23-21(15-19)32-17-40-23)24-31-11-7-18(3)34-24/h6-7,10-11,13-15,17,22,29H,4-5,8-9,12,16H2,1-3H3,(H,37,38)(H2,30,35,39). The largest absolute Gasteiger partial charge is 0.481 e. The summed E-state index contributed by atoms with van der Waals surface area (Å²) in [4.78, 5) is 46.8. The van der Waals surface area contributed by atoms with Crippen LogP contribution in [0, 0.1) is 18.3 Å². The summed E-state index contributed by atoms with van der Waals surface area (Å²) < 4.78 is 0.936. The molecule has 3 aromatic rings. The maximum atomic E-state index is 13.2. The maximum absolute atomic E-state index is 13.2. The average molecular weight is 563 g/mol. The quantitative estimate of drug-likeness (QED) is 0.323. The van der Waals surface area contributed by atoms with Crippen LogP contribution in [-0.4, -0.2) is 63.7 Å². The predicted molar refractivity (Wildman–Crippen MR) is 156 cm³/mol. The molecule has 2 amide bonds. The fourth-order valence-electron chi connectivity index (χ4n) is 5.95. The number of carboxylic acids is 1. The lowest BCUT2D eigenvalue weighted by Gasteiger charge is -2.54. The van der Waals surface area contributed by atoms with Crippen LogP contribution in [0.15, 0.2) is 47.2 Å². The van der Waals surface area contributed by atoms with E-state index in [0.29, 0.717) is 50.4 Å². The van der Waals surface area contributed by atoms with Crippen LogP contribution in [-0.2, 0) is 4.79 Å². The zero-order valence-electron chi connectivity index (χ0n) is 22.8. The first-order chi connectivity index (χ1) is 19.3. The summed E-state index contributed by atoms with van der Waals surface area (Å²) in [5, 5.41) is 20.0. The molecular formula is C28H34N8O3S. The molecule has 1 saturated heterocycles. The van der Waals surface area contributed by atoms with E-state index in [1.54, 1.807) is 24.0 Å². The highest BCUT2D eigenvalue weighted by atomic mass is 32.1. The number of nitrogens with one attached hydrogen (secondary N) is 3. The van der Waals surface area contributed by atoms with E-state index < -0.39 is 29.1 Å². The molecular weight excluding hydrogens is 528 g/mol. The summed E-state index contributed by atoms with van der Waals surface area (Å²) >= 11 is 1.50. The number of aliphatic imine (C=N–C) groups is 1. The van der Waals surface area contributed by atoms with Gasteiger partial charge >= 0.3 is 12.0 Å². The highest BCUT2D eigenvalue weighted by Gasteiger charge is 2.59. The Morgan fingerprint density at radius 2 is 2.12 bits per heavy atom. The molecule has 0 saturated carbocycles. The number of piperidine rings is 1. The van der Waals surface area contributed by atoms with Gasteiger partial charge in [0.2, 0.25) is 5.79 Å². The van der Waals surface area contributed by atoms with Crippen molar-refractivity contribution in [3.05, 3.63) is 47.9 Å². The number of carbonyl (C=O) groups is 2. The highest BCUT2D eigenvalue weighted by molar-refractivity contribution is 7.17. The molecule has 5 rings (SSSR count). The van der Waals surface area contributed by atoms with Crippen molar-refractivity contribution in [1.82, 2.24) is 30.9 Å². The number of carboxylic acid groups (broad SMARTS) is 1. The predicted octanol–water partition coefficient (Wildman–Crippen LogP) is 3.92. The van der Waals surface area contributed by atoms with E-state index in [0.717, 1.165) is 21.5 Å². The molecule has 0 radical (unpaired) electrons. The molecule has 2 aliphatic heterocycles. The van der Waals surface area contributed by atoms with Crippen molar-refractivity contribution in [3.63, 3.8) is 0 Å². The number of rotatable bonds is 8. The number of amides is 2. The van der Waals surface area contributed by atoms with Crippen LogP contribution in [0.2, 0.25) is 0 Å². The number of fused-ring (bicyclic) bond motifs is 1. The van der Waals surface area contributed by atoms with Crippen molar-refractivity contribution in [2.24, 2.45) is 16.3 Å². The van der Waals surface area contributed by atoms with Gasteiger partial charge in [-0.25, -0.2) is 24.7 Å². The van der Waals surface area contributed by atoms with Gasteiger partial charge in [0.1, 0.15) is 0 Å². The van der Waals surface area contributed by atoms with Gasteiger partial charge in [0, 0.05) is 48.6 Å². The van der Waals surface area contributed by atoms with Crippen molar-refractivity contribution in [1.29, 1.82) is 0 Å². The molecule has 0 aliphatic carbocycles. The Morgan fingerprint density at radius 3 is 2.88 bits per heavy atom. The van der Waals surface area contributed by atoms with Crippen LogP contribution in [0.5, 0.6) is 0 Å². The summed E-state index contributed by atoms with van der Waals surface area (Å²) in [6, 6.07) is 5.31. The zero-order valence-corrected chi connectivity index (χ0v) is 23.7. The third-order valence-corrected chi connectivity index (χ3v) is 8.57. The fraction of sp³-hybridized carbons (Fsp3) is 0.429. The lowest BCUT2D eigenvalue weighted by molar-refractivity contribution is -0.158. The molecule has 1 fully saturated rings. The summed E-state index contributed by atoms with van der Waals surface area (Å²) in [6.45, 7) is 7.06. The van der Waals surface area contributed by atoms with Gasteiger partial charge in [0.05, 0.1) is 27.1 Å². The number of hydrogen-bond acceptors (Lipinski definition) is 9. The van der Waals surface area contributed by atoms with Crippen LogP contribution in [0.1, 0.15) is 38.8 Å². The second kappa shape index (κ2) is 11.3. The van der Waals surface area contributed by atoms with Gasteiger partial charge in [-0.1, -0.05) is 13.3 Å². The first-order valence-electron chi connectivity index (χ1n) is 13.5. The van der Waals surface area contributed by atoms with Gasteiger partial charge < -0.3 is 20.6 Å². The van der Waals surface area contributed by atoms with E-state index in [4.69, 9.17) is 4.99 Å². The smallest absolute Gasteiger partial charge is 0.318 e. The summed E-state index contributed by atoms with van der Waals surface area (Å²) in [5.74, 6) is -2.37. The molecule has 0 bridgehead atoms. The number of thiazole rings is 1. The maximum Gasteiger partial charge on any atom is 0.318 e. The first-order valence-corrected chi connectivity index (χ1v) is 14.4. The third-order valence-electron chi connectivity index (χ3n) is 7.70. The molecule has 210 valence electrons. The van der Waals surface area contributed by atoms with Crippen molar-refractivity contribution in [2.45, 2.75) is 45.8 Å². The normalized spacial score (nSPS) is 24.3. The molecule has 3 atom stereocenters. The van der Waals surface area contributed by atoms with Gasteiger partial charge in [-0.05, 0) is 57.5 Å². The number of anilines is 1. The lowest BCUT2D eigenvalue weighted by atomic mass is 9.64. The molecule has 4 N–H and O–H groups in total. The topological polar surface area (TPSA) is 145 Å². The van der Waals surface area contributed by atoms with Crippen LogP contribution in [0.3, 0.4) is 0 Å². The minimum Gasteiger partial charge on any atom is -0.481 e. The minimum atomic E-state index is -1.44. The Kier molecular flexibility index (Phi) is 7.81. The van der Waals surface area contributed by atoms with Gasteiger partial charge in [0.15, 0.2) is 5.82 Å². The van der Waals surface area contributed by atoms with Gasteiger partial charge in [-0.2, -0.15) is 0 Å². The zero-order chi connectivity index (χ0) is 28.3. The monoisotopic (exact) mass is 562 g/mol. The van der Waals surface area contributed by atoms with Crippen molar-refractivity contribution in [2.75, 3.05) is 24.5 Å². The number of nitrogens with zero attached hydrogens (tertiary/aromatic N) is 5. The van der Waals surface area contributed by atoms with E-state index in [9.17, 15) is 14.7 Å². The molecule has 2 aliphatic rings. The number of urea groups is 1. The Labute approximate surface area is 236 Å². The molecule has 12 heteroatoms. The Morgan fingerprint density at radius 1 is 1.27 bits per heavy atom. The van der Waals surface area contributed by atoms with Crippen molar-refractivity contribution < 1.29 is 14.7 Å². The molecule has 11 nitrogen and oxygen atoms in total. The lowest BCUT2D eigenvalue weighted by Crippen LogP contribution is -2.71. The molecule has 1 aromatic carbocycles. The van der Waals surface area contributed by atoms with Crippen LogP contribution in [0.4, 0.5) is 10.5 Å². The Bertz CT molecular complexity index is 1470. The number of benzene rings is 1. The molecule has 4 heterocycles. The first kappa shape index (κ1) is 27.7. The second-order valence-electron chi connectivity index (χ2n) is 10.1. The Hall–Kier alpha value is -3.90. The number of aryl methyl sites for hydroxylation is 1. The summed E-state index contributed by atoms with van der Waals surface area (Å²) in [6.07, 6.45) is 8.52. The molecule has 40 heavy (non-hydrogen) atoms. The molecule has 2 aromatic heterocycles. The number of aliphatic carboxylic acids is 1. The number of hydrogen-bond donors (Lipinski definition) is 4. The van der Waals surface area contributed by atoms with E-state index >= 15 is 0 Å². The van der Waals surface area contributed by atoms with Gasteiger partial charge in [-0.15, -0.1) is 11.3 Å². The SMILES string of the molecule is CCCC1(C(=O)O)CCNCC1C1(NC(=O)NCC)N=CC=CN1c1cc(-c2nccc(C)n2)c2scnc2c1. The second-order valence-corrected chi connectivity index (χ2v) is 11.0. The van der Waals surface area contributed by atoms with E-state index in [1.807, 2.05) is 50.1 Å². The molecule has 0 spiro atoms. The van der Waals surface area contributed by atoms with Crippen LogP contribution in [0.25, 0.3) is 21.6 Å². The van der Waals surface area contributed by atoms with Gasteiger partial charge in [0.25, 0.3) is 0 Å². The van der Waals surface area contributed by atoms with Gasteiger partial charge in [-0.3, -0.25) is 10.1 Å². The van der Waals surface area contributed by atoms with E-state index in [2.05, 4.69) is 30.9 Å².